The van der Waals surface area contributed by atoms with Crippen LogP contribution in [-0.2, 0) is 0 Å². The van der Waals surface area contributed by atoms with E-state index in [4.69, 9.17) is 16.9 Å². The predicted molar refractivity (Wildman–Crippen MR) is 82.5 cm³/mol. The number of β-amino-alcohol motifs (C(OH)–C–C–N with tert-alkyl or cyclic N) is 1. The Labute approximate surface area is 129 Å². The molecule has 0 radical (unpaired) electrons. The third kappa shape index (κ3) is 4.08. The maximum Gasteiger partial charge on any atom is 0.0992 e. The molecule has 1 aromatic carbocycles. The molecule has 1 heterocycles. The molecule has 0 aliphatic carbocycles. The summed E-state index contributed by atoms with van der Waals surface area (Å²) in [6, 6.07) is 7.20. The lowest BCUT2D eigenvalue weighted by Gasteiger charge is -2.38. The van der Waals surface area contributed by atoms with Gasteiger partial charge in [0.2, 0.25) is 0 Å². The zero-order valence-electron chi connectivity index (χ0n) is 12.0. The van der Waals surface area contributed by atoms with Crippen molar-refractivity contribution in [3.8, 4) is 6.07 Å². The first kappa shape index (κ1) is 16.1. The first-order valence-corrected chi connectivity index (χ1v) is 7.43. The van der Waals surface area contributed by atoms with Gasteiger partial charge >= 0.3 is 0 Å². The number of aliphatic hydroxyl groups is 2. The Bertz CT molecular complexity index is 530. The number of nitrogens with zero attached hydrogens (tertiary/aromatic N) is 2. The highest BCUT2D eigenvalue weighted by Gasteiger charge is 2.28. The van der Waals surface area contributed by atoms with Crippen LogP contribution in [0.4, 0.5) is 5.69 Å². The summed E-state index contributed by atoms with van der Waals surface area (Å²) in [5.41, 5.74) is 1.34. The molecule has 0 saturated carbocycles. The average Bonchev–Trinajstić information content (AvgIpc) is 2.46. The molecular weight excluding hydrogens is 290 g/mol. The van der Waals surface area contributed by atoms with Crippen LogP contribution >= 0.6 is 11.6 Å². The van der Waals surface area contributed by atoms with Gasteiger partial charge < -0.3 is 20.4 Å². The monoisotopic (exact) mass is 309 g/mol. The number of nitrogens with one attached hydrogen (secondary N) is 1. The third-order valence-electron chi connectivity index (χ3n) is 3.67. The number of anilines is 1. The van der Waals surface area contributed by atoms with Gasteiger partial charge in [0.15, 0.2) is 0 Å². The van der Waals surface area contributed by atoms with Gasteiger partial charge in [-0.25, -0.2) is 0 Å². The van der Waals surface area contributed by atoms with Crippen molar-refractivity contribution in [1.82, 2.24) is 5.32 Å². The van der Waals surface area contributed by atoms with Crippen molar-refractivity contribution in [3.05, 3.63) is 28.8 Å². The highest BCUT2D eigenvalue weighted by Crippen LogP contribution is 2.29. The smallest absolute Gasteiger partial charge is 0.0992 e. The van der Waals surface area contributed by atoms with Gasteiger partial charge in [-0.2, -0.15) is 5.26 Å². The number of hydrogen-bond donors (Lipinski definition) is 3. The van der Waals surface area contributed by atoms with Gasteiger partial charge in [0.25, 0.3) is 0 Å². The third-order valence-corrected chi connectivity index (χ3v) is 3.99. The van der Waals surface area contributed by atoms with Crippen molar-refractivity contribution in [2.24, 2.45) is 0 Å². The topological polar surface area (TPSA) is 79.5 Å². The number of benzene rings is 1. The standard InChI is InChI=1S/C15H20ClN3O2/c1-10(20)8-18-13-4-5-19(9-15(13)21)14-6-11(7-17)2-3-12(14)16/h2-3,6,10,13,15,18,20-21H,4-5,8-9H2,1H3/t10-,13+,15+/m0/s1. The van der Waals surface area contributed by atoms with E-state index in [-0.39, 0.29) is 6.04 Å². The van der Waals surface area contributed by atoms with Crippen molar-refractivity contribution in [3.63, 3.8) is 0 Å². The Kier molecular flexibility index (Phi) is 5.43. The van der Waals surface area contributed by atoms with Gasteiger partial charge in [0.1, 0.15) is 0 Å². The van der Waals surface area contributed by atoms with Crippen LogP contribution in [0.1, 0.15) is 18.9 Å². The molecule has 1 fully saturated rings. The zero-order valence-corrected chi connectivity index (χ0v) is 12.7. The zero-order chi connectivity index (χ0) is 15.4. The summed E-state index contributed by atoms with van der Waals surface area (Å²) < 4.78 is 0. The van der Waals surface area contributed by atoms with E-state index in [9.17, 15) is 10.2 Å². The van der Waals surface area contributed by atoms with E-state index >= 15 is 0 Å². The Morgan fingerprint density at radius 2 is 2.33 bits per heavy atom. The lowest BCUT2D eigenvalue weighted by Crippen LogP contribution is -2.53. The Morgan fingerprint density at radius 1 is 1.57 bits per heavy atom. The van der Waals surface area contributed by atoms with E-state index in [0.29, 0.717) is 23.7 Å². The van der Waals surface area contributed by atoms with Crippen LogP contribution in [0.5, 0.6) is 0 Å². The van der Waals surface area contributed by atoms with Crippen LogP contribution in [0.3, 0.4) is 0 Å². The molecule has 3 N–H and O–H groups in total. The lowest BCUT2D eigenvalue weighted by atomic mass is 10.0. The van der Waals surface area contributed by atoms with Crippen molar-refractivity contribution in [1.29, 1.82) is 5.26 Å². The summed E-state index contributed by atoms with van der Waals surface area (Å²) in [4.78, 5) is 1.99. The van der Waals surface area contributed by atoms with E-state index in [0.717, 1.165) is 18.7 Å². The first-order chi connectivity index (χ1) is 10.0. The van der Waals surface area contributed by atoms with Crippen molar-refractivity contribution in [2.45, 2.75) is 31.6 Å². The molecule has 3 atom stereocenters. The maximum atomic E-state index is 10.2. The molecule has 21 heavy (non-hydrogen) atoms. The van der Waals surface area contributed by atoms with Gasteiger partial charge in [-0.3, -0.25) is 0 Å². The van der Waals surface area contributed by atoms with Crippen LogP contribution in [-0.4, -0.2) is 48.1 Å². The average molecular weight is 310 g/mol. The lowest BCUT2D eigenvalue weighted by molar-refractivity contribution is 0.102. The Balaban J connectivity index is 2.04. The minimum atomic E-state index is -0.542. The second-order valence-electron chi connectivity index (χ2n) is 5.44. The van der Waals surface area contributed by atoms with Crippen LogP contribution in [0, 0.1) is 11.3 Å². The summed E-state index contributed by atoms with van der Waals surface area (Å²) in [5, 5.41) is 32.2. The summed E-state index contributed by atoms with van der Waals surface area (Å²) in [5.74, 6) is 0. The Morgan fingerprint density at radius 3 is 2.95 bits per heavy atom. The molecule has 2 rings (SSSR count). The van der Waals surface area contributed by atoms with E-state index < -0.39 is 12.2 Å². The first-order valence-electron chi connectivity index (χ1n) is 7.05. The quantitative estimate of drug-likeness (QED) is 0.777. The number of nitriles is 1. The molecular formula is C15H20ClN3O2. The number of rotatable bonds is 4. The summed E-state index contributed by atoms with van der Waals surface area (Å²) in [6.45, 7) is 3.36. The normalized spacial score (nSPS) is 23.7. The highest BCUT2D eigenvalue weighted by molar-refractivity contribution is 6.33. The predicted octanol–water partition coefficient (Wildman–Crippen LogP) is 1.12. The number of piperidine rings is 1. The molecule has 1 aromatic rings. The SMILES string of the molecule is C[C@H](O)CN[C@@H]1CCN(c2cc(C#N)ccc2Cl)C[C@H]1O. The molecule has 5 nitrogen and oxygen atoms in total. The molecule has 0 unspecified atom stereocenters. The number of hydrogen-bond acceptors (Lipinski definition) is 5. The fourth-order valence-corrected chi connectivity index (χ4v) is 2.77. The molecule has 1 saturated heterocycles. The maximum absolute atomic E-state index is 10.2. The second-order valence-corrected chi connectivity index (χ2v) is 5.85. The molecule has 0 aromatic heterocycles. The summed E-state index contributed by atoms with van der Waals surface area (Å²) in [6.07, 6.45) is -0.225. The van der Waals surface area contributed by atoms with E-state index in [1.807, 2.05) is 4.90 Å². The minimum Gasteiger partial charge on any atom is -0.392 e. The molecule has 0 amide bonds. The largest absolute Gasteiger partial charge is 0.392 e. The minimum absolute atomic E-state index is 0.0335. The van der Waals surface area contributed by atoms with E-state index in [1.165, 1.54) is 0 Å². The molecule has 1 aliphatic heterocycles. The summed E-state index contributed by atoms with van der Waals surface area (Å²) >= 11 is 6.19. The number of halogens is 1. The second kappa shape index (κ2) is 7.10. The molecule has 0 bridgehead atoms. The van der Waals surface area contributed by atoms with Crippen LogP contribution in [0.25, 0.3) is 0 Å². The van der Waals surface area contributed by atoms with Gasteiger partial charge in [-0.15, -0.1) is 0 Å². The van der Waals surface area contributed by atoms with Crippen molar-refractivity contribution < 1.29 is 10.2 Å². The van der Waals surface area contributed by atoms with E-state index in [1.54, 1.807) is 25.1 Å². The number of aliphatic hydroxyl groups excluding tert-OH is 2. The Hall–Kier alpha value is -1.32. The fourth-order valence-electron chi connectivity index (χ4n) is 2.54. The van der Waals surface area contributed by atoms with Crippen LogP contribution < -0.4 is 10.2 Å². The van der Waals surface area contributed by atoms with Crippen molar-refractivity contribution >= 4 is 17.3 Å². The molecule has 114 valence electrons. The van der Waals surface area contributed by atoms with E-state index in [2.05, 4.69) is 11.4 Å². The van der Waals surface area contributed by atoms with Gasteiger partial charge in [-0.05, 0) is 31.5 Å². The fraction of sp³-hybridized carbons (Fsp3) is 0.533. The van der Waals surface area contributed by atoms with Crippen LogP contribution in [0.15, 0.2) is 18.2 Å². The van der Waals surface area contributed by atoms with Crippen molar-refractivity contribution in [2.75, 3.05) is 24.5 Å². The van der Waals surface area contributed by atoms with Gasteiger partial charge in [0.05, 0.1) is 34.6 Å². The molecule has 1 aliphatic rings. The molecule has 0 spiro atoms. The molecule has 6 heteroatoms. The highest BCUT2D eigenvalue weighted by atomic mass is 35.5. The van der Waals surface area contributed by atoms with Crippen LogP contribution in [0.2, 0.25) is 5.02 Å². The van der Waals surface area contributed by atoms with Gasteiger partial charge in [0, 0.05) is 25.7 Å². The van der Waals surface area contributed by atoms with Gasteiger partial charge in [-0.1, -0.05) is 11.6 Å². The summed E-state index contributed by atoms with van der Waals surface area (Å²) in [7, 11) is 0.